The number of hydrogen-bond donors (Lipinski definition) is 2. The standard InChI is InChI=1S/C27H27ClN6O2/c1-3-25(35)30-21-7-8-24-22(14-21)18(2)16-34(24)26-23(28)15-29-27(32-26)31-20-6-4-5-19(13-20)17-33-9-11-36-12-10-33/h3-8,13-16H,1,9-12,17H2,2H3,(H,30,35)(H,29,31,32). The third-order valence-corrected chi connectivity index (χ3v) is 6.37. The highest BCUT2D eigenvalue weighted by atomic mass is 35.5. The molecule has 2 aromatic carbocycles. The van der Waals surface area contributed by atoms with Crippen LogP contribution in [0.2, 0.25) is 5.02 Å². The molecule has 0 atom stereocenters. The molecule has 5 rings (SSSR count). The van der Waals surface area contributed by atoms with E-state index in [1.165, 1.54) is 11.6 Å². The van der Waals surface area contributed by atoms with Crippen LogP contribution in [-0.2, 0) is 16.1 Å². The lowest BCUT2D eigenvalue weighted by molar-refractivity contribution is -0.111. The number of carbonyl (C=O) groups is 1. The second-order valence-electron chi connectivity index (χ2n) is 8.69. The van der Waals surface area contributed by atoms with Crippen molar-refractivity contribution in [3.63, 3.8) is 0 Å². The molecule has 184 valence electrons. The summed E-state index contributed by atoms with van der Waals surface area (Å²) in [6.45, 7) is 9.81. The van der Waals surface area contributed by atoms with Gasteiger partial charge in [0, 0.05) is 42.6 Å². The third-order valence-electron chi connectivity index (χ3n) is 6.10. The van der Waals surface area contributed by atoms with Crippen LogP contribution in [0.5, 0.6) is 0 Å². The van der Waals surface area contributed by atoms with Crippen LogP contribution in [0.25, 0.3) is 16.7 Å². The number of benzene rings is 2. The fourth-order valence-corrected chi connectivity index (χ4v) is 4.50. The second kappa shape index (κ2) is 10.5. The van der Waals surface area contributed by atoms with Gasteiger partial charge in [0.15, 0.2) is 5.82 Å². The number of halogens is 1. The summed E-state index contributed by atoms with van der Waals surface area (Å²) in [4.78, 5) is 23.2. The van der Waals surface area contributed by atoms with Gasteiger partial charge in [-0.15, -0.1) is 0 Å². The molecule has 0 bridgehead atoms. The van der Waals surface area contributed by atoms with Crippen LogP contribution >= 0.6 is 11.6 Å². The molecule has 0 aliphatic carbocycles. The van der Waals surface area contributed by atoms with Gasteiger partial charge >= 0.3 is 0 Å². The van der Waals surface area contributed by atoms with Crippen LogP contribution in [0.3, 0.4) is 0 Å². The van der Waals surface area contributed by atoms with Crippen molar-refractivity contribution in [2.45, 2.75) is 13.5 Å². The van der Waals surface area contributed by atoms with E-state index in [0.717, 1.165) is 55.0 Å². The number of rotatable bonds is 7. The van der Waals surface area contributed by atoms with Crippen LogP contribution in [0, 0.1) is 6.92 Å². The number of ether oxygens (including phenoxy) is 1. The first-order valence-corrected chi connectivity index (χ1v) is 12.1. The summed E-state index contributed by atoms with van der Waals surface area (Å²) < 4.78 is 7.39. The van der Waals surface area contributed by atoms with Crippen LogP contribution in [0.15, 0.2) is 67.5 Å². The Bertz CT molecular complexity index is 1430. The van der Waals surface area contributed by atoms with E-state index < -0.39 is 0 Å². The van der Waals surface area contributed by atoms with Gasteiger partial charge in [-0.1, -0.05) is 30.3 Å². The van der Waals surface area contributed by atoms with Gasteiger partial charge in [0.05, 0.1) is 24.9 Å². The van der Waals surface area contributed by atoms with Crippen molar-refractivity contribution in [2.24, 2.45) is 0 Å². The number of morpholine rings is 1. The Morgan fingerprint density at radius 3 is 2.83 bits per heavy atom. The highest BCUT2D eigenvalue weighted by Crippen LogP contribution is 2.30. The van der Waals surface area contributed by atoms with Gasteiger partial charge in [0.25, 0.3) is 0 Å². The second-order valence-corrected chi connectivity index (χ2v) is 9.09. The summed E-state index contributed by atoms with van der Waals surface area (Å²) in [5, 5.41) is 7.53. The van der Waals surface area contributed by atoms with Crippen LogP contribution in [-0.4, -0.2) is 51.6 Å². The summed E-state index contributed by atoms with van der Waals surface area (Å²) in [6, 6.07) is 14.0. The SMILES string of the molecule is C=CC(=O)Nc1ccc2c(c1)c(C)cn2-c1nc(Nc2cccc(CN3CCOCC3)c2)ncc1Cl. The smallest absolute Gasteiger partial charge is 0.247 e. The summed E-state index contributed by atoms with van der Waals surface area (Å²) in [6.07, 6.45) is 4.82. The van der Waals surface area contributed by atoms with E-state index in [1.54, 1.807) is 6.20 Å². The zero-order valence-electron chi connectivity index (χ0n) is 20.0. The lowest BCUT2D eigenvalue weighted by atomic mass is 10.2. The number of nitrogens with one attached hydrogen (secondary N) is 2. The normalized spacial score (nSPS) is 14.1. The minimum Gasteiger partial charge on any atom is -0.379 e. The van der Waals surface area contributed by atoms with E-state index >= 15 is 0 Å². The number of anilines is 3. The van der Waals surface area contributed by atoms with E-state index in [-0.39, 0.29) is 5.91 Å². The van der Waals surface area contributed by atoms with Crippen molar-refractivity contribution in [1.82, 2.24) is 19.4 Å². The number of hydrogen-bond acceptors (Lipinski definition) is 6. The third kappa shape index (κ3) is 5.26. The van der Waals surface area contributed by atoms with Crippen molar-refractivity contribution >= 4 is 45.7 Å². The summed E-state index contributed by atoms with van der Waals surface area (Å²) in [5.74, 6) is 0.766. The largest absolute Gasteiger partial charge is 0.379 e. The first-order chi connectivity index (χ1) is 17.5. The molecule has 3 heterocycles. The summed E-state index contributed by atoms with van der Waals surface area (Å²) in [5.41, 5.74) is 4.76. The minimum absolute atomic E-state index is 0.255. The first-order valence-electron chi connectivity index (χ1n) is 11.7. The molecule has 36 heavy (non-hydrogen) atoms. The Labute approximate surface area is 214 Å². The quantitative estimate of drug-likeness (QED) is 0.343. The van der Waals surface area contributed by atoms with Gasteiger partial charge in [-0.2, -0.15) is 4.98 Å². The summed E-state index contributed by atoms with van der Waals surface area (Å²) >= 11 is 6.54. The van der Waals surface area contributed by atoms with Crippen LogP contribution < -0.4 is 10.6 Å². The number of aromatic nitrogens is 3. The molecule has 0 radical (unpaired) electrons. The Hall–Kier alpha value is -3.72. The van der Waals surface area contributed by atoms with E-state index in [0.29, 0.717) is 22.5 Å². The molecule has 9 heteroatoms. The van der Waals surface area contributed by atoms with Crippen molar-refractivity contribution in [3.05, 3.63) is 83.7 Å². The molecule has 0 saturated carbocycles. The Morgan fingerprint density at radius 1 is 1.19 bits per heavy atom. The number of aryl methyl sites for hydroxylation is 1. The van der Waals surface area contributed by atoms with Gasteiger partial charge in [-0.3, -0.25) is 14.3 Å². The van der Waals surface area contributed by atoms with E-state index in [2.05, 4.69) is 39.2 Å². The monoisotopic (exact) mass is 502 g/mol. The Balaban J connectivity index is 1.41. The lowest BCUT2D eigenvalue weighted by Gasteiger charge is -2.26. The Morgan fingerprint density at radius 2 is 2.03 bits per heavy atom. The van der Waals surface area contributed by atoms with Crippen molar-refractivity contribution in [1.29, 1.82) is 0 Å². The molecule has 4 aromatic rings. The summed E-state index contributed by atoms with van der Waals surface area (Å²) in [7, 11) is 0. The zero-order chi connectivity index (χ0) is 25.1. The van der Waals surface area contributed by atoms with Crippen molar-refractivity contribution in [3.8, 4) is 5.82 Å². The van der Waals surface area contributed by atoms with Crippen molar-refractivity contribution < 1.29 is 9.53 Å². The number of carbonyl (C=O) groups excluding carboxylic acids is 1. The number of fused-ring (bicyclic) bond motifs is 1. The van der Waals surface area contributed by atoms with Gasteiger partial charge in [0.2, 0.25) is 11.9 Å². The molecule has 1 aliphatic rings. The maximum Gasteiger partial charge on any atom is 0.247 e. The molecular formula is C27H27ClN6O2. The highest BCUT2D eigenvalue weighted by molar-refractivity contribution is 6.32. The first kappa shape index (κ1) is 24.0. The molecule has 0 spiro atoms. The maximum atomic E-state index is 11.7. The van der Waals surface area contributed by atoms with Gasteiger partial charge in [0.1, 0.15) is 5.02 Å². The molecule has 1 saturated heterocycles. The molecule has 0 unspecified atom stereocenters. The predicted molar refractivity (Wildman–Crippen MR) is 143 cm³/mol. The minimum atomic E-state index is -0.255. The highest BCUT2D eigenvalue weighted by Gasteiger charge is 2.15. The van der Waals surface area contributed by atoms with E-state index in [4.69, 9.17) is 21.3 Å². The fraction of sp³-hybridized carbons (Fsp3) is 0.222. The van der Waals surface area contributed by atoms with Gasteiger partial charge in [-0.25, -0.2) is 4.98 Å². The molecule has 8 nitrogen and oxygen atoms in total. The molecular weight excluding hydrogens is 476 g/mol. The molecule has 1 aliphatic heterocycles. The number of amides is 1. The number of nitrogens with zero attached hydrogens (tertiary/aromatic N) is 4. The van der Waals surface area contributed by atoms with Crippen molar-refractivity contribution in [2.75, 3.05) is 36.9 Å². The molecule has 1 amide bonds. The molecule has 1 fully saturated rings. The van der Waals surface area contributed by atoms with E-state index in [9.17, 15) is 4.79 Å². The average Bonchev–Trinajstić information content (AvgIpc) is 3.21. The predicted octanol–water partition coefficient (Wildman–Crippen LogP) is 5.08. The fourth-order valence-electron chi connectivity index (χ4n) is 4.32. The molecule has 2 N–H and O–H groups in total. The zero-order valence-corrected chi connectivity index (χ0v) is 20.8. The average molecular weight is 503 g/mol. The van der Waals surface area contributed by atoms with E-state index in [1.807, 2.05) is 48.0 Å². The topological polar surface area (TPSA) is 84.3 Å². The van der Waals surface area contributed by atoms with Crippen LogP contribution in [0.4, 0.5) is 17.3 Å². The maximum absolute atomic E-state index is 11.7. The van der Waals surface area contributed by atoms with Crippen LogP contribution in [0.1, 0.15) is 11.1 Å². The van der Waals surface area contributed by atoms with Gasteiger partial charge < -0.3 is 15.4 Å². The molecule has 2 aromatic heterocycles. The Kier molecular flexibility index (Phi) is 6.99. The lowest BCUT2D eigenvalue weighted by Crippen LogP contribution is -2.35. The van der Waals surface area contributed by atoms with Gasteiger partial charge in [-0.05, 0) is 54.5 Å².